The van der Waals surface area contributed by atoms with Crippen molar-refractivity contribution in [2.45, 2.75) is 6.04 Å². The van der Waals surface area contributed by atoms with Gasteiger partial charge in [0.25, 0.3) is 0 Å². The monoisotopic (exact) mass is 230 g/mol. The lowest BCUT2D eigenvalue weighted by Crippen LogP contribution is -2.44. The van der Waals surface area contributed by atoms with Gasteiger partial charge in [-0.2, -0.15) is 0 Å². The van der Waals surface area contributed by atoms with Crippen LogP contribution >= 0.6 is 12.4 Å². The van der Waals surface area contributed by atoms with Gasteiger partial charge in [0.1, 0.15) is 9.84 Å². The first kappa shape index (κ1) is 15.2. The smallest absolute Gasteiger partial charge is 0.240 e. The van der Waals surface area contributed by atoms with Crippen molar-refractivity contribution in [2.24, 2.45) is 5.73 Å². The Morgan fingerprint density at radius 2 is 1.85 bits per heavy atom. The van der Waals surface area contributed by atoms with Crippen LogP contribution in [0.15, 0.2) is 0 Å². The fourth-order valence-corrected chi connectivity index (χ4v) is 1.52. The standard InChI is InChI=1S/C6H14N2O3S.ClH/c1-8(2)6(9)5(7)4-12(3,10)11;/h5H,4,7H2,1-3H3;1H/t5-;/m0./s1. The number of carbonyl (C=O) groups excluding carboxylic acids is 1. The molecule has 0 fully saturated rings. The summed E-state index contributed by atoms with van der Waals surface area (Å²) in [6, 6.07) is -0.949. The Morgan fingerprint density at radius 1 is 1.46 bits per heavy atom. The van der Waals surface area contributed by atoms with E-state index in [9.17, 15) is 13.2 Å². The SMILES string of the molecule is CN(C)C(=O)[C@@H](N)CS(C)(=O)=O.Cl. The van der Waals surface area contributed by atoms with E-state index in [1.54, 1.807) is 0 Å². The first-order valence-electron chi connectivity index (χ1n) is 3.38. The molecule has 0 aliphatic rings. The van der Waals surface area contributed by atoms with E-state index in [0.29, 0.717) is 0 Å². The molecular formula is C6H15ClN2O3S. The van der Waals surface area contributed by atoms with Crippen LogP contribution in [0, 0.1) is 0 Å². The van der Waals surface area contributed by atoms with Crippen molar-refractivity contribution in [3.63, 3.8) is 0 Å². The van der Waals surface area contributed by atoms with E-state index in [0.717, 1.165) is 6.26 Å². The van der Waals surface area contributed by atoms with Crippen LogP contribution in [-0.4, -0.2) is 51.4 Å². The second kappa shape index (κ2) is 5.41. The Labute approximate surface area is 84.6 Å². The van der Waals surface area contributed by atoms with Gasteiger partial charge in [-0.15, -0.1) is 12.4 Å². The van der Waals surface area contributed by atoms with E-state index in [2.05, 4.69) is 0 Å². The molecular weight excluding hydrogens is 216 g/mol. The van der Waals surface area contributed by atoms with Gasteiger partial charge >= 0.3 is 0 Å². The molecule has 1 amide bonds. The van der Waals surface area contributed by atoms with Crippen molar-refractivity contribution in [3.05, 3.63) is 0 Å². The molecule has 0 heterocycles. The maximum atomic E-state index is 11.1. The normalized spacial score (nSPS) is 12.9. The zero-order chi connectivity index (χ0) is 9.94. The van der Waals surface area contributed by atoms with Crippen LogP contribution in [0.3, 0.4) is 0 Å². The van der Waals surface area contributed by atoms with Gasteiger partial charge in [0.05, 0.1) is 11.8 Å². The fourth-order valence-electron chi connectivity index (χ4n) is 0.729. The maximum Gasteiger partial charge on any atom is 0.240 e. The number of hydrogen-bond donors (Lipinski definition) is 1. The average molecular weight is 231 g/mol. The summed E-state index contributed by atoms with van der Waals surface area (Å²) in [5.41, 5.74) is 5.33. The van der Waals surface area contributed by atoms with Crippen molar-refractivity contribution >= 4 is 28.2 Å². The van der Waals surface area contributed by atoms with E-state index in [-0.39, 0.29) is 24.1 Å². The third-order valence-corrected chi connectivity index (χ3v) is 2.20. The third kappa shape index (κ3) is 6.80. The van der Waals surface area contributed by atoms with Gasteiger partial charge in [-0.1, -0.05) is 0 Å². The minimum Gasteiger partial charge on any atom is -0.347 e. The highest BCUT2D eigenvalue weighted by molar-refractivity contribution is 7.90. The molecule has 1 atom stereocenters. The molecule has 0 aromatic heterocycles. The van der Waals surface area contributed by atoms with Gasteiger partial charge in [0.2, 0.25) is 5.91 Å². The maximum absolute atomic E-state index is 11.1. The highest BCUT2D eigenvalue weighted by atomic mass is 35.5. The van der Waals surface area contributed by atoms with E-state index < -0.39 is 15.9 Å². The summed E-state index contributed by atoms with van der Waals surface area (Å²) in [4.78, 5) is 12.3. The molecule has 0 aliphatic heterocycles. The number of amides is 1. The van der Waals surface area contributed by atoms with E-state index >= 15 is 0 Å². The quantitative estimate of drug-likeness (QED) is 0.665. The minimum absolute atomic E-state index is 0. The van der Waals surface area contributed by atoms with Crippen molar-refractivity contribution in [1.82, 2.24) is 4.90 Å². The van der Waals surface area contributed by atoms with Crippen LogP contribution in [-0.2, 0) is 14.6 Å². The number of halogens is 1. The van der Waals surface area contributed by atoms with Crippen LogP contribution in [0.5, 0.6) is 0 Å². The molecule has 0 aromatic rings. The molecule has 0 aliphatic carbocycles. The zero-order valence-electron chi connectivity index (χ0n) is 7.85. The topological polar surface area (TPSA) is 80.5 Å². The lowest BCUT2D eigenvalue weighted by Gasteiger charge is -2.15. The molecule has 0 spiro atoms. The molecule has 0 saturated carbocycles. The molecule has 0 aromatic carbocycles. The lowest BCUT2D eigenvalue weighted by atomic mass is 10.3. The predicted octanol–water partition coefficient (Wildman–Crippen LogP) is -1.13. The first-order valence-corrected chi connectivity index (χ1v) is 5.44. The molecule has 13 heavy (non-hydrogen) atoms. The molecule has 0 rings (SSSR count). The Hall–Kier alpha value is -0.330. The van der Waals surface area contributed by atoms with Gasteiger partial charge in [-0.3, -0.25) is 4.79 Å². The number of nitrogens with two attached hydrogens (primary N) is 1. The minimum atomic E-state index is -3.17. The average Bonchev–Trinajstić information content (AvgIpc) is 1.82. The highest BCUT2D eigenvalue weighted by Gasteiger charge is 2.19. The van der Waals surface area contributed by atoms with Crippen LogP contribution in [0.4, 0.5) is 0 Å². The largest absolute Gasteiger partial charge is 0.347 e. The molecule has 0 radical (unpaired) electrons. The second-order valence-electron chi connectivity index (χ2n) is 2.93. The fraction of sp³-hybridized carbons (Fsp3) is 0.833. The van der Waals surface area contributed by atoms with Crippen LogP contribution in [0.1, 0.15) is 0 Å². The Morgan fingerprint density at radius 3 is 2.08 bits per heavy atom. The van der Waals surface area contributed by atoms with Crippen LogP contribution < -0.4 is 5.73 Å². The molecule has 80 valence electrons. The summed E-state index contributed by atoms with van der Waals surface area (Å²) in [6.07, 6.45) is 1.05. The number of carbonyl (C=O) groups is 1. The second-order valence-corrected chi connectivity index (χ2v) is 5.12. The number of likely N-dealkylation sites (N-methyl/N-ethyl adjacent to an activating group) is 1. The third-order valence-electron chi connectivity index (χ3n) is 1.24. The zero-order valence-corrected chi connectivity index (χ0v) is 9.48. The molecule has 5 nitrogen and oxygen atoms in total. The summed E-state index contributed by atoms with van der Waals surface area (Å²) in [6.45, 7) is 0. The first-order chi connectivity index (χ1) is 5.24. The van der Waals surface area contributed by atoms with Crippen LogP contribution in [0.2, 0.25) is 0 Å². The van der Waals surface area contributed by atoms with Gasteiger partial charge in [-0.25, -0.2) is 8.42 Å². The highest BCUT2D eigenvalue weighted by Crippen LogP contribution is 1.91. The molecule has 2 N–H and O–H groups in total. The van der Waals surface area contributed by atoms with Crippen molar-refractivity contribution in [1.29, 1.82) is 0 Å². The summed E-state index contributed by atoms with van der Waals surface area (Å²) in [5.74, 6) is -0.676. The Kier molecular flexibility index (Phi) is 6.31. The number of sulfone groups is 1. The van der Waals surface area contributed by atoms with Crippen molar-refractivity contribution in [2.75, 3.05) is 26.1 Å². The Balaban J connectivity index is 0. The molecule has 0 saturated heterocycles. The van der Waals surface area contributed by atoms with E-state index in [1.165, 1.54) is 19.0 Å². The number of nitrogens with zero attached hydrogens (tertiary/aromatic N) is 1. The summed E-state index contributed by atoms with van der Waals surface area (Å²) >= 11 is 0. The molecule has 7 heteroatoms. The molecule has 0 unspecified atom stereocenters. The summed E-state index contributed by atoms with van der Waals surface area (Å²) in [5, 5.41) is 0. The Bertz CT molecular complexity index is 263. The predicted molar refractivity (Wildman–Crippen MR) is 53.6 cm³/mol. The van der Waals surface area contributed by atoms with E-state index in [1.807, 2.05) is 0 Å². The van der Waals surface area contributed by atoms with E-state index in [4.69, 9.17) is 5.73 Å². The lowest BCUT2D eigenvalue weighted by molar-refractivity contribution is -0.129. The van der Waals surface area contributed by atoms with Gasteiger partial charge in [0.15, 0.2) is 0 Å². The van der Waals surface area contributed by atoms with Gasteiger partial charge in [0, 0.05) is 20.4 Å². The summed E-state index contributed by atoms with van der Waals surface area (Å²) in [7, 11) is -0.110. The number of rotatable bonds is 3. The van der Waals surface area contributed by atoms with Crippen molar-refractivity contribution in [3.8, 4) is 0 Å². The van der Waals surface area contributed by atoms with Crippen molar-refractivity contribution < 1.29 is 13.2 Å². The van der Waals surface area contributed by atoms with Gasteiger partial charge < -0.3 is 10.6 Å². The molecule has 0 bridgehead atoms. The summed E-state index contributed by atoms with van der Waals surface area (Å²) < 4.78 is 21.4. The van der Waals surface area contributed by atoms with Gasteiger partial charge in [-0.05, 0) is 0 Å². The number of hydrogen-bond acceptors (Lipinski definition) is 4. The van der Waals surface area contributed by atoms with Crippen LogP contribution in [0.25, 0.3) is 0 Å².